The molecule has 0 aliphatic rings. The maximum Gasteiger partial charge on any atom is 0.251 e. The van der Waals surface area contributed by atoms with E-state index in [0.29, 0.717) is 11.4 Å². The molecule has 8 heteroatoms. The van der Waals surface area contributed by atoms with Crippen LogP contribution >= 0.6 is 0 Å². The summed E-state index contributed by atoms with van der Waals surface area (Å²) in [6.45, 7) is 0.274. The number of pyridine rings is 1. The first-order valence-electron chi connectivity index (χ1n) is 6.44. The van der Waals surface area contributed by atoms with Gasteiger partial charge in [-0.1, -0.05) is 0 Å². The number of ether oxygens (including phenoxy) is 1. The molecule has 2 heterocycles. The van der Waals surface area contributed by atoms with Crippen molar-refractivity contribution in [3.8, 4) is 5.88 Å². The molecule has 0 saturated heterocycles. The highest BCUT2D eigenvalue weighted by Crippen LogP contribution is 2.15. The molecule has 22 heavy (non-hydrogen) atoms. The molecule has 0 fully saturated rings. The van der Waals surface area contributed by atoms with Gasteiger partial charge in [-0.2, -0.15) is 15.4 Å². The number of rotatable bonds is 4. The Morgan fingerprint density at radius 3 is 3.05 bits per heavy atom. The summed E-state index contributed by atoms with van der Waals surface area (Å²) in [6.07, 6.45) is 1.58. The Balaban J connectivity index is 1.75. The third-order valence-corrected chi connectivity index (χ3v) is 3.10. The molecule has 0 aliphatic carbocycles. The Morgan fingerprint density at radius 2 is 2.23 bits per heavy atom. The lowest BCUT2D eigenvalue weighted by Gasteiger charge is -2.06. The van der Waals surface area contributed by atoms with Crippen LogP contribution in [0.15, 0.2) is 30.5 Å². The Morgan fingerprint density at radius 1 is 1.36 bits per heavy atom. The highest BCUT2D eigenvalue weighted by atomic mass is 19.1. The number of fused-ring (bicyclic) bond motifs is 1. The minimum Gasteiger partial charge on any atom is -0.481 e. The van der Waals surface area contributed by atoms with Crippen molar-refractivity contribution in [2.45, 2.75) is 6.54 Å². The number of hydrogen-bond donors (Lipinski definition) is 2. The van der Waals surface area contributed by atoms with E-state index < -0.39 is 11.7 Å². The number of halogens is 1. The molecule has 0 atom stereocenters. The normalized spacial score (nSPS) is 10.6. The monoisotopic (exact) mass is 301 g/mol. The van der Waals surface area contributed by atoms with E-state index in [1.54, 1.807) is 18.3 Å². The molecule has 0 saturated carbocycles. The Bertz CT molecular complexity index is 833. The van der Waals surface area contributed by atoms with Crippen molar-refractivity contribution in [2.75, 3.05) is 7.11 Å². The predicted molar refractivity (Wildman–Crippen MR) is 75.8 cm³/mol. The van der Waals surface area contributed by atoms with Crippen LogP contribution in [0.1, 0.15) is 15.9 Å². The fourth-order valence-electron chi connectivity index (χ4n) is 2.00. The number of aromatic amines is 1. The van der Waals surface area contributed by atoms with Crippen molar-refractivity contribution in [1.29, 1.82) is 0 Å². The molecule has 0 bridgehead atoms. The second kappa shape index (κ2) is 5.76. The summed E-state index contributed by atoms with van der Waals surface area (Å²) >= 11 is 0. The molecular formula is C14H12FN5O2. The maximum absolute atomic E-state index is 13.8. The zero-order valence-electron chi connectivity index (χ0n) is 11.6. The molecule has 1 aromatic carbocycles. The highest BCUT2D eigenvalue weighted by Gasteiger charge is 2.12. The average molecular weight is 301 g/mol. The first kappa shape index (κ1) is 13.9. The molecule has 112 valence electrons. The van der Waals surface area contributed by atoms with Gasteiger partial charge in [-0.3, -0.25) is 4.79 Å². The largest absolute Gasteiger partial charge is 0.481 e. The van der Waals surface area contributed by atoms with Gasteiger partial charge >= 0.3 is 0 Å². The van der Waals surface area contributed by atoms with Gasteiger partial charge in [0.1, 0.15) is 11.0 Å². The fourth-order valence-corrected chi connectivity index (χ4v) is 2.00. The minimum absolute atomic E-state index is 0.107. The number of carbonyl (C=O) groups is 1. The molecule has 0 spiro atoms. The van der Waals surface area contributed by atoms with Crippen molar-refractivity contribution in [3.63, 3.8) is 0 Å². The third-order valence-electron chi connectivity index (χ3n) is 3.10. The number of nitrogens with zero attached hydrogens (tertiary/aromatic N) is 3. The van der Waals surface area contributed by atoms with Gasteiger partial charge in [0.15, 0.2) is 5.82 Å². The van der Waals surface area contributed by atoms with E-state index >= 15 is 0 Å². The van der Waals surface area contributed by atoms with Crippen molar-refractivity contribution < 1.29 is 13.9 Å². The lowest BCUT2D eigenvalue weighted by molar-refractivity contribution is 0.0950. The zero-order valence-corrected chi connectivity index (χ0v) is 11.6. The van der Waals surface area contributed by atoms with Crippen molar-refractivity contribution in [1.82, 2.24) is 25.7 Å². The number of amides is 1. The van der Waals surface area contributed by atoms with Gasteiger partial charge in [-0.25, -0.2) is 9.37 Å². The van der Waals surface area contributed by atoms with E-state index in [9.17, 15) is 9.18 Å². The Kier molecular flexibility index (Phi) is 3.65. The molecule has 0 aliphatic heterocycles. The van der Waals surface area contributed by atoms with Gasteiger partial charge in [-0.05, 0) is 23.8 Å². The van der Waals surface area contributed by atoms with Crippen LogP contribution in [0.3, 0.4) is 0 Å². The SMILES string of the molecule is COc1cc(CNC(=O)c2cc(F)c3n[nH]nc3c2)ccn1. The first-order valence-corrected chi connectivity index (χ1v) is 6.44. The van der Waals surface area contributed by atoms with Gasteiger partial charge in [0.25, 0.3) is 5.91 Å². The van der Waals surface area contributed by atoms with E-state index in [0.717, 1.165) is 11.6 Å². The van der Waals surface area contributed by atoms with Gasteiger partial charge in [-0.15, -0.1) is 0 Å². The van der Waals surface area contributed by atoms with Crippen LogP contribution in [-0.2, 0) is 6.54 Å². The number of hydrogen-bond acceptors (Lipinski definition) is 5. The van der Waals surface area contributed by atoms with Crippen LogP contribution in [0, 0.1) is 5.82 Å². The molecular weight excluding hydrogens is 289 g/mol. The number of H-pyrrole nitrogens is 1. The number of nitrogens with one attached hydrogen (secondary N) is 2. The quantitative estimate of drug-likeness (QED) is 0.760. The van der Waals surface area contributed by atoms with Gasteiger partial charge < -0.3 is 10.1 Å². The number of methoxy groups -OCH3 is 1. The molecule has 2 N–H and O–H groups in total. The van der Waals surface area contributed by atoms with Crippen LogP contribution in [0.2, 0.25) is 0 Å². The Hall–Kier alpha value is -3.03. The van der Waals surface area contributed by atoms with E-state index in [2.05, 4.69) is 25.7 Å². The summed E-state index contributed by atoms with van der Waals surface area (Å²) in [6, 6.07) is 6.07. The molecule has 2 aromatic heterocycles. The van der Waals surface area contributed by atoms with Crippen molar-refractivity contribution in [3.05, 3.63) is 47.4 Å². The van der Waals surface area contributed by atoms with E-state index in [4.69, 9.17) is 4.74 Å². The number of carbonyl (C=O) groups excluding carboxylic acids is 1. The summed E-state index contributed by atoms with van der Waals surface area (Å²) in [5, 5.41) is 12.5. The summed E-state index contributed by atoms with van der Waals surface area (Å²) in [5.74, 6) is -0.539. The highest BCUT2D eigenvalue weighted by molar-refractivity contribution is 5.97. The summed E-state index contributed by atoms with van der Waals surface area (Å²) in [4.78, 5) is 16.1. The molecule has 3 rings (SSSR count). The standard InChI is InChI=1S/C14H12FN5O2/c1-22-12-4-8(2-3-16-12)7-17-14(21)9-5-10(15)13-11(6-9)18-20-19-13/h2-6H,7H2,1H3,(H,17,21)(H,18,19,20). The Labute approximate surface area is 124 Å². The lowest BCUT2D eigenvalue weighted by Crippen LogP contribution is -2.23. The minimum atomic E-state index is -0.595. The van der Waals surface area contributed by atoms with Crippen molar-refractivity contribution in [2.24, 2.45) is 0 Å². The second-order valence-corrected chi connectivity index (χ2v) is 4.54. The molecule has 0 unspecified atom stereocenters. The predicted octanol–water partition coefficient (Wildman–Crippen LogP) is 1.43. The van der Waals surface area contributed by atoms with E-state index in [1.165, 1.54) is 13.2 Å². The van der Waals surface area contributed by atoms with Crippen molar-refractivity contribution >= 4 is 16.9 Å². The number of aromatic nitrogens is 4. The lowest BCUT2D eigenvalue weighted by atomic mass is 10.1. The zero-order chi connectivity index (χ0) is 15.5. The summed E-state index contributed by atoms with van der Waals surface area (Å²) < 4.78 is 18.8. The average Bonchev–Trinajstić information content (AvgIpc) is 3.02. The molecule has 3 aromatic rings. The molecule has 7 nitrogen and oxygen atoms in total. The molecule has 1 amide bonds. The van der Waals surface area contributed by atoms with Crippen LogP contribution < -0.4 is 10.1 Å². The summed E-state index contributed by atoms with van der Waals surface area (Å²) in [7, 11) is 1.51. The fraction of sp³-hybridized carbons (Fsp3) is 0.143. The van der Waals surface area contributed by atoms with Gasteiger partial charge in [0.2, 0.25) is 5.88 Å². The van der Waals surface area contributed by atoms with E-state index in [-0.39, 0.29) is 17.6 Å². The number of benzene rings is 1. The topological polar surface area (TPSA) is 92.8 Å². The molecule has 0 radical (unpaired) electrons. The van der Waals surface area contributed by atoms with Crippen LogP contribution in [0.5, 0.6) is 5.88 Å². The van der Waals surface area contributed by atoms with Crippen LogP contribution in [0.4, 0.5) is 4.39 Å². The summed E-state index contributed by atoms with van der Waals surface area (Å²) in [5.41, 5.74) is 1.41. The van der Waals surface area contributed by atoms with Crippen LogP contribution in [-0.4, -0.2) is 33.4 Å². The van der Waals surface area contributed by atoms with Crippen LogP contribution in [0.25, 0.3) is 11.0 Å². The second-order valence-electron chi connectivity index (χ2n) is 4.54. The van der Waals surface area contributed by atoms with Gasteiger partial charge in [0.05, 0.1) is 7.11 Å². The van der Waals surface area contributed by atoms with Gasteiger partial charge in [0, 0.05) is 24.4 Å². The third kappa shape index (κ3) is 2.71. The van der Waals surface area contributed by atoms with E-state index in [1.807, 2.05) is 0 Å². The smallest absolute Gasteiger partial charge is 0.251 e. The maximum atomic E-state index is 13.8. The first-order chi connectivity index (χ1) is 10.7.